The molecule has 6 rings (SSSR count). The molecule has 0 unspecified atom stereocenters. The zero-order valence-electron chi connectivity index (χ0n) is 21.2. The van der Waals surface area contributed by atoms with Crippen LogP contribution in [0.15, 0.2) is 91.5 Å². The molecule has 0 saturated carbocycles. The molecule has 1 saturated heterocycles. The van der Waals surface area contributed by atoms with Gasteiger partial charge in [0.15, 0.2) is 0 Å². The Morgan fingerprint density at radius 1 is 0.795 bits per heavy atom. The molecule has 0 aliphatic carbocycles. The van der Waals surface area contributed by atoms with Crippen molar-refractivity contribution >= 4 is 34.3 Å². The Bertz CT molecular complexity index is 1600. The minimum absolute atomic E-state index is 0.0184. The predicted octanol–water partition coefficient (Wildman–Crippen LogP) is 4.73. The fourth-order valence-corrected chi connectivity index (χ4v) is 4.72. The van der Waals surface area contributed by atoms with Gasteiger partial charge in [0.1, 0.15) is 17.5 Å². The Morgan fingerprint density at radius 2 is 1.54 bits per heavy atom. The van der Waals surface area contributed by atoms with Crippen LogP contribution < -0.4 is 15.1 Å². The second kappa shape index (κ2) is 10.8. The highest BCUT2D eigenvalue weighted by molar-refractivity contribution is 5.92. The van der Waals surface area contributed by atoms with Crippen molar-refractivity contribution < 1.29 is 9.18 Å². The molecule has 9 heteroatoms. The smallest absolute Gasteiger partial charge is 0.228 e. The molecule has 1 N–H and O–H groups in total. The van der Waals surface area contributed by atoms with Crippen LogP contribution in [0.4, 0.5) is 21.7 Å². The minimum atomic E-state index is -0.380. The van der Waals surface area contributed by atoms with E-state index in [9.17, 15) is 9.18 Å². The summed E-state index contributed by atoms with van der Waals surface area (Å²) in [5.41, 5.74) is 4.68. The summed E-state index contributed by atoms with van der Waals surface area (Å²) in [5, 5.41) is 2.84. The van der Waals surface area contributed by atoms with Gasteiger partial charge in [-0.05, 0) is 47.0 Å². The van der Waals surface area contributed by atoms with E-state index < -0.39 is 0 Å². The first kappa shape index (κ1) is 24.4. The molecule has 2 aromatic heterocycles. The quantitative estimate of drug-likeness (QED) is 0.347. The standard InChI is InChI=1S/C30H26FN7O/c31-25-4-2-1-3-23(25)18-30(39)35-24-8-5-21(6-9-24)22-7-10-26-27(17-22)36-29(20-34-26)38-15-13-37(14-16-38)28-19-32-11-12-33-28/h1-12,17,19-20H,13-16,18H2,(H,35,39). The van der Waals surface area contributed by atoms with Gasteiger partial charge in [-0.25, -0.2) is 14.4 Å². The molecule has 1 aliphatic heterocycles. The van der Waals surface area contributed by atoms with Crippen LogP contribution >= 0.6 is 0 Å². The Balaban J connectivity index is 1.13. The largest absolute Gasteiger partial charge is 0.352 e. The molecule has 0 atom stereocenters. The summed E-state index contributed by atoms with van der Waals surface area (Å²) in [5.74, 6) is 1.10. The molecule has 8 nitrogen and oxygen atoms in total. The maximum absolute atomic E-state index is 13.9. The Morgan fingerprint density at radius 3 is 2.28 bits per heavy atom. The highest BCUT2D eigenvalue weighted by atomic mass is 19.1. The van der Waals surface area contributed by atoms with Crippen molar-refractivity contribution in [2.45, 2.75) is 6.42 Å². The summed E-state index contributed by atoms with van der Waals surface area (Å²) in [4.78, 5) is 35.0. The summed E-state index contributed by atoms with van der Waals surface area (Å²) >= 11 is 0. The van der Waals surface area contributed by atoms with Crippen LogP contribution in [-0.2, 0) is 11.2 Å². The van der Waals surface area contributed by atoms with Gasteiger partial charge < -0.3 is 15.1 Å². The molecule has 1 amide bonds. The average Bonchev–Trinajstić information content (AvgIpc) is 2.99. The maximum atomic E-state index is 13.9. The number of hydrogen-bond donors (Lipinski definition) is 1. The van der Waals surface area contributed by atoms with Gasteiger partial charge in [-0.15, -0.1) is 0 Å². The first-order valence-electron chi connectivity index (χ1n) is 12.8. The van der Waals surface area contributed by atoms with Crippen molar-refractivity contribution in [3.63, 3.8) is 0 Å². The van der Waals surface area contributed by atoms with E-state index in [-0.39, 0.29) is 18.1 Å². The summed E-state index contributed by atoms with van der Waals surface area (Å²) in [6.07, 6.45) is 7.00. The SMILES string of the molecule is O=C(Cc1ccccc1F)Nc1ccc(-c2ccc3ncc(N4CCN(c5cnccn5)CC4)nc3c2)cc1. The lowest BCUT2D eigenvalue weighted by atomic mass is 10.0. The highest BCUT2D eigenvalue weighted by Gasteiger charge is 2.20. The lowest BCUT2D eigenvalue weighted by molar-refractivity contribution is -0.115. The van der Waals surface area contributed by atoms with Gasteiger partial charge in [0, 0.05) is 44.3 Å². The van der Waals surface area contributed by atoms with Crippen LogP contribution in [0.5, 0.6) is 0 Å². The zero-order valence-corrected chi connectivity index (χ0v) is 21.2. The van der Waals surface area contributed by atoms with Gasteiger partial charge in [-0.1, -0.05) is 36.4 Å². The summed E-state index contributed by atoms with van der Waals surface area (Å²) in [6, 6.07) is 19.9. The first-order valence-corrected chi connectivity index (χ1v) is 12.8. The second-order valence-corrected chi connectivity index (χ2v) is 9.36. The fraction of sp³-hybridized carbons (Fsp3) is 0.167. The molecule has 5 aromatic rings. The molecule has 0 radical (unpaired) electrons. The summed E-state index contributed by atoms with van der Waals surface area (Å²) in [7, 11) is 0. The first-order chi connectivity index (χ1) is 19.1. The molecule has 3 aromatic carbocycles. The van der Waals surface area contributed by atoms with Crippen LogP contribution in [0.3, 0.4) is 0 Å². The number of halogens is 1. The van der Waals surface area contributed by atoms with Crippen molar-refractivity contribution in [3.8, 4) is 11.1 Å². The second-order valence-electron chi connectivity index (χ2n) is 9.36. The molecule has 0 spiro atoms. The normalized spacial score (nSPS) is 13.5. The summed E-state index contributed by atoms with van der Waals surface area (Å²) < 4.78 is 13.9. The topological polar surface area (TPSA) is 87.1 Å². The lowest BCUT2D eigenvalue weighted by Crippen LogP contribution is -2.47. The maximum Gasteiger partial charge on any atom is 0.228 e. The van der Waals surface area contributed by atoms with Gasteiger partial charge in [-0.3, -0.25) is 14.8 Å². The number of carbonyl (C=O) groups is 1. The molecule has 1 fully saturated rings. The van der Waals surface area contributed by atoms with Crippen molar-refractivity contribution in [1.82, 2.24) is 19.9 Å². The molecular formula is C30H26FN7O. The van der Waals surface area contributed by atoms with Crippen LogP contribution in [0.1, 0.15) is 5.56 Å². The Kier molecular flexibility index (Phi) is 6.78. The van der Waals surface area contributed by atoms with Crippen LogP contribution in [0.25, 0.3) is 22.2 Å². The number of piperazine rings is 1. The van der Waals surface area contributed by atoms with E-state index in [0.717, 1.165) is 60.0 Å². The minimum Gasteiger partial charge on any atom is -0.352 e. The van der Waals surface area contributed by atoms with Crippen molar-refractivity contribution in [2.75, 3.05) is 41.3 Å². The molecule has 1 aliphatic rings. The van der Waals surface area contributed by atoms with Gasteiger partial charge >= 0.3 is 0 Å². The lowest BCUT2D eigenvalue weighted by Gasteiger charge is -2.35. The van der Waals surface area contributed by atoms with Crippen LogP contribution in [0.2, 0.25) is 0 Å². The summed E-state index contributed by atoms with van der Waals surface area (Å²) in [6.45, 7) is 3.31. The van der Waals surface area contributed by atoms with E-state index in [4.69, 9.17) is 4.98 Å². The number of nitrogens with one attached hydrogen (secondary N) is 1. The Labute approximate surface area is 225 Å². The number of nitrogens with zero attached hydrogens (tertiary/aromatic N) is 6. The van der Waals surface area contributed by atoms with E-state index in [1.54, 1.807) is 36.8 Å². The average molecular weight is 520 g/mol. The zero-order chi connectivity index (χ0) is 26.6. The number of rotatable bonds is 6. The number of hydrogen-bond acceptors (Lipinski definition) is 7. The number of aromatic nitrogens is 4. The molecule has 194 valence electrons. The van der Waals surface area contributed by atoms with Crippen molar-refractivity contribution in [3.05, 3.63) is 103 Å². The van der Waals surface area contributed by atoms with Crippen molar-refractivity contribution in [2.24, 2.45) is 0 Å². The highest BCUT2D eigenvalue weighted by Crippen LogP contribution is 2.26. The van der Waals surface area contributed by atoms with Gasteiger partial charge in [0.2, 0.25) is 5.91 Å². The Hall–Kier alpha value is -4.92. The van der Waals surface area contributed by atoms with Gasteiger partial charge in [0.05, 0.1) is 29.8 Å². The third-order valence-corrected chi connectivity index (χ3v) is 6.82. The molecule has 0 bridgehead atoms. The third kappa shape index (κ3) is 5.52. The number of amides is 1. The van der Waals surface area contributed by atoms with E-state index in [0.29, 0.717) is 11.3 Å². The van der Waals surface area contributed by atoms with E-state index in [2.05, 4.69) is 30.1 Å². The van der Waals surface area contributed by atoms with Crippen LogP contribution in [-0.4, -0.2) is 52.0 Å². The third-order valence-electron chi connectivity index (χ3n) is 6.82. The van der Waals surface area contributed by atoms with Crippen LogP contribution in [0, 0.1) is 5.82 Å². The number of anilines is 3. The number of fused-ring (bicyclic) bond motifs is 1. The van der Waals surface area contributed by atoms with Gasteiger partial charge in [0.25, 0.3) is 0 Å². The van der Waals surface area contributed by atoms with E-state index in [1.807, 2.05) is 48.7 Å². The van der Waals surface area contributed by atoms with E-state index in [1.165, 1.54) is 6.07 Å². The fourth-order valence-electron chi connectivity index (χ4n) is 4.72. The monoisotopic (exact) mass is 519 g/mol. The number of carbonyl (C=O) groups excluding carboxylic acids is 1. The predicted molar refractivity (Wildman–Crippen MR) is 150 cm³/mol. The molecule has 3 heterocycles. The molecular weight excluding hydrogens is 493 g/mol. The number of benzene rings is 3. The molecule has 39 heavy (non-hydrogen) atoms. The van der Waals surface area contributed by atoms with Crippen molar-refractivity contribution in [1.29, 1.82) is 0 Å². The van der Waals surface area contributed by atoms with Gasteiger partial charge in [-0.2, -0.15) is 0 Å². The van der Waals surface area contributed by atoms with E-state index >= 15 is 0 Å².